The van der Waals surface area contributed by atoms with Crippen LogP contribution in [-0.2, 0) is 19.8 Å². The smallest absolute Gasteiger partial charge is 0.251 e. The van der Waals surface area contributed by atoms with Crippen molar-refractivity contribution in [1.29, 1.82) is 5.26 Å². The third kappa shape index (κ3) is 6.89. The first-order valence-electron chi connectivity index (χ1n) is 14.9. The number of nitrogens with zero attached hydrogens (tertiary/aromatic N) is 5. The monoisotopic (exact) mass is 633 g/mol. The van der Waals surface area contributed by atoms with E-state index in [0.717, 1.165) is 5.56 Å². The molecular weight excluding hydrogens is 600 g/mol. The van der Waals surface area contributed by atoms with Crippen LogP contribution in [0, 0.1) is 17.2 Å². The van der Waals surface area contributed by atoms with Crippen molar-refractivity contribution >= 4 is 40.8 Å². The number of ketones is 1. The van der Waals surface area contributed by atoms with Gasteiger partial charge < -0.3 is 0 Å². The predicted molar refractivity (Wildman–Crippen MR) is 166 cm³/mol. The van der Waals surface area contributed by atoms with Gasteiger partial charge >= 0.3 is 0 Å². The number of alkyl halides is 2. The molecule has 2 fully saturated rings. The van der Waals surface area contributed by atoms with Crippen LogP contribution < -0.4 is 9.80 Å². The number of hydrogen-bond acceptors (Lipinski definition) is 6. The minimum atomic E-state index is -2.71. The predicted octanol–water partition coefficient (Wildman–Crippen LogP) is 6.96. The Morgan fingerprint density at radius 1 is 1.16 bits per heavy atom. The molecule has 1 aliphatic heterocycles. The molecule has 2 aromatic carbocycles. The fourth-order valence-corrected chi connectivity index (χ4v) is 6.25. The van der Waals surface area contributed by atoms with E-state index in [1.54, 1.807) is 36.4 Å². The van der Waals surface area contributed by atoms with E-state index in [-0.39, 0.29) is 72.3 Å². The fraction of sp³-hybridized carbons (Fsp3) is 0.412. The molecule has 5 rings (SSSR count). The highest BCUT2D eigenvalue weighted by atomic mass is 35.5. The summed E-state index contributed by atoms with van der Waals surface area (Å²) in [7, 11) is 0. The molecule has 1 aliphatic carbocycles. The van der Waals surface area contributed by atoms with Crippen LogP contribution in [0.15, 0.2) is 60.8 Å². The molecular formula is C34H34ClF2N5O3. The number of Topliss-reactive ketones (excluding diaryl/α,β-unsaturated/α-hetero) is 1. The third-order valence-electron chi connectivity index (χ3n) is 8.43. The van der Waals surface area contributed by atoms with Crippen LogP contribution in [0.3, 0.4) is 0 Å². The van der Waals surface area contributed by atoms with Gasteiger partial charge in [0.15, 0.2) is 5.78 Å². The number of benzene rings is 2. The van der Waals surface area contributed by atoms with Crippen LogP contribution in [-0.4, -0.2) is 39.5 Å². The van der Waals surface area contributed by atoms with Crippen LogP contribution in [0.5, 0.6) is 0 Å². The number of amides is 2. The Hall–Kier alpha value is -4.23. The Kier molecular flexibility index (Phi) is 9.04. The van der Waals surface area contributed by atoms with E-state index in [0.29, 0.717) is 11.3 Å². The average Bonchev–Trinajstić information content (AvgIpc) is 3.38. The highest BCUT2D eigenvalue weighted by molar-refractivity contribution is 6.31. The van der Waals surface area contributed by atoms with Gasteiger partial charge in [-0.2, -0.15) is 5.26 Å². The van der Waals surface area contributed by atoms with Crippen molar-refractivity contribution in [3.8, 4) is 6.07 Å². The van der Waals surface area contributed by atoms with Crippen LogP contribution in [0.1, 0.15) is 82.2 Å². The van der Waals surface area contributed by atoms with Crippen molar-refractivity contribution in [2.24, 2.45) is 5.92 Å². The minimum absolute atomic E-state index is 0.0336. The summed E-state index contributed by atoms with van der Waals surface area (Å²) in [6.07, 6.45) is 1.18. The number of aromatic nitrogens is 2. The second kappa shape index (κ2) is 12.6. The highest BCUT2D eigenvalue weighted by Crippen LogP contribution is 2.45. The summed E-state index contributed by atoms with van der Waals surface area (Å²) in [4.78, 5) is 53.2. The summed E-state index contributed by atoms with van der Waals surface area (Å²) in [5.74, 6) is -4.38. The van der Waals surface area contributed by atoms with Crippen LogP contribution in [0.4, 0.5) is 20.4 Å². The molecule has 0 radical (unpaired) electrons. The van der Waals surface area contributed by atoms with Crippen LogP contribution in [0.25, 0.3) is 0 Å². The van der Waals surface area contributed by atoms with Gasteiger partial charge in [0.05, 0.1) is 0 Å². The van der Waals surface area contributed by atoms with E-state index >= 15 is 0 Å². The molecule has 3 aromatic rings. The molecule has 45 heavy (non-hydrogen) atoms. The maximum absolute atomic E-state index is 14.8. The summed E-state index contributed by atoms with van der Waals surface area (Å²) >= 11 is 6.68. The third-order valence-corrected chi connectivity index (χ3v) is 8.78. The SMILES string of the molecule is CC(C)(C)c1cccc(N(C(=O)[C@@H]2CCC(=O)N2c2nccc(C#N)n2)[C@H](C(=O)CCC2CC(F)(F)C2)c2ccccc2Cl)c1. The first kappa shape index (κ1) is 32.2. The van der Waals surface area contributed by atoms with Gasteiger partial charge in [0.2, 0.25) is 17.8 Å². The summed E-state index contributed by atoms with van der Waals surface area (Å²) < 4.78 is 27.2. The first-order chi connectivity index (χ1) is 21.3. The maximum atomic E-state index is 14.8. The molecule has 2 aliphatic rings. The summed E-state index contributed by atoms with van der Waals surface area (Å²) in [6.45, 7) is 6.08. The van der Waals surface area contributed by atoms with Crippen LogP contribution in [0.2, 0.25) is 5.02 Å². The lowest BCUT2D eigenvalue weighted by Crippen LogP contribution is -2.50. The Morgan fingerprint density at radius 2 is 1.89 bits per heavy atom. The molecule has 11 heteroatoms. The molecule has 0 N–H and O–H groups in total. The van der Waals surface area contributed by atoms with Gasteiger partial charge in [0, 0.05) is 48.2 Å². The molecule has 2 heterocycles. The first-order valence-corrected chi connectivity index (χ1v) is 15.3. The van der Waals surface area contributed by atoms with E-state index in [1.807, 2.05) is 39.0 Å². The van der Waals surface area contributed by atoms with Crippen molar-refractivity contribution in [2.45, 2.75) is 82.7 Å². The summed E-state index contributed by atoms with van der Waals surface area (Å²) in [5, 5.41) is 9.65. The zero-order valence-electron chi connectivity index (χ0n) is 25.3. The lowest BCUT2D eigenvalue weighted by Gasteiger charge is -2.37. The topological polar surface area (TPSA) is 107 Å². The lowest BCUT2D eigenvalue weighted by atomic mass is 9.77. The van der Waals surface area contributed by atoms with Crippen molar-refractivity contribution in [3.63, 3.8) is 0 Å². The molecule has 1 aromatic heterocycles. The lowest BCUT2D eigenvalue weighted by molar-refractivity contribution is -0.129. The number of nitriles is 1. The molecule has 1 saturated heterocycles. The zero-order chi connectivity index (χ0) is 32.5. The largest absolute Gasteiger partial charge is 0.297 e. The average molecular weight is 634 g/mol. The van der Waals surface area contributed by atoms with Gasteiger partial charge in [-0.1, -0.05) is 62.7 Å². The van der Waals surface area contributed by atoms with Crippen molar-refractivity contribution in [3.05, 3.63) is 82.6 Å². The van der Waals surface area contributed by atoms with Gasteiger partial charge in [-0.3, -0.25) is 24.2 Å². The number of halogens is 3. The molecule has 234 valence electrons. The molecule has 1 saturated carbocycles. The Balaban J connectivity index is 1.62. The Morgan fingerprint density at radius 3 is 2.56 bits per heavy atom. The highest BCUT2D eigenvalue weighted by Gasteiger charge is 2.47. The van der Waals surface area contributed by atoms with E-state index < -0.39 is 29.8 Å². The van der Waals surface area contributed by atoms with E-state index in [2.05, 4.69) is 9.97 Å². The number of hydrogen-bond donors (Lipinski definition) is 0. The fourth-order valence-electron chi connectivity index (χ4n) is 6.01. The Bertz CT molecular complexity index is 1660. The maximum Gasteiger partial charge on any atom is 0.251 e. The number of carbonyl (C=O) groups is 3. The van der Waals surface area contributed by atoms with E-state index in [4.69, 9.17) is 11.6 Å². The van der Waals surface area contributed by atoms with Gasteiger partial charge in [-0.05, 0) is 54.0 Å². The van der Waals surface area contributed by atoms with E-state index in [9.17, 15) is 28.4 Å². The zero-order valence-corrected chi connectivity index (χ0v) is 26.1. The quantitative estimate of drug-likeness (QED) is 0.252. The standard InChI is InChI=1S/C34H34ClF2N5O3/c1-33(2,3)22-7-6-8-24(17-22)41(31(45)27-12-14-29(44)42(27)32-39-16-15-23(20-38)40-32)30(25-9-4-5-10-26(25)35)28(43)13-11-21-18-34(36,37)19-21/h4-10,15-17,21,27,30H,11-14,18-19H2,1-3H3/t27-,30-/m0/s1. The normalized spacial score (nSPS) is 18.6. The molecule has 0 spiro atoms. The van der Waals surface area contributed by atoms with Crippen molar-refractivity contribution < 1.29 is 23.2 Å². The van der Waals surface area contributed by atoms with Crippen molar-refractivity contribution in [1.82, 2.24) is 9.97 Å². The molecule has 2 atom stereocenters. The van der Waals surface area contributed by atoms with Gasteiger partial charge in [-0.15, -0.1) is 0 Å². The number of rotatable bonds is 9. The van der Waals surface area contributed by atoms with Gasteiger partial charge in [0.1, 0.15) is 23.8 Å². The van der Waals surface area contributed by atoms with Gasteiger partial charge in [-0.25, -0.2) is 18.7 Å². The second-order valence-electron chi connectivity index (χ2n) is 12.7. The number of anilines is 2. The van der Waals surface area contributed by atoms with Crippen LogP contribution >= 0.6 is 11.6 Å². The second-order valence-corrected chi connectivity index (χ2v) is 13.1. The molecule has 0 unspecified atom stereocenters. The van der Waals surface area contributed by atoms with E-state index in [1.165, 1.54) is 22.1 Å². The molecule has 0 bridgehead atoms. The summed E-state index contributed by atoms with van der Waals surface area (Å²) in [5.41, 5.74) is 1.45. The minimum Gasteiger partial charge on any atom is -0.297 e. The summed E-state index contributed by atoms with van der Waals surface area (Å²) in [6, 6.07) is 15.1. The number of carbonyl (C=O) groups excluding carboxylic acids is 3. The Labute approximate surface area is 266 Å². The molecule has 2 amide bonds. The molecule has 8 nitrogen and oxygen atoms in total. The van der Waals surface area contributed by atoms with Gasteiger partial charge in [0.25, 0.3) is 5.91 Å². The van der Waals surface area contributed by atoms with Crippen molar-refractivity contribution in [2.75, 3.05) is 9.80 Å².